The van der Waals surface area contributed by atoms with Crippen molar-refractivity contribution in [3.63, 3.8) is 0 Å². The summed E-state index contributed by atoms with van der Waals surface area (Å²) < 4.78 is 0. The van der Waals surface area contributed by atoms with Gasteiger partial charge >= 0.3 is 0 Å². The number of anilines is 1. The summed E-state index contributed by atoms with van der Waals surface area (Å²) in [4.78, 5) is 0. The van der Waals surface area contributed by atoms with Crippen LogP contribution in [-0.4, -0.2) is 16.7 Å². The number of hydrogen-bond donors (Lipinski definition) is 1. The minimum Gasteiger partial charge on any atom is -0.369 e. The average molecular weight is 205 g/mol. The van der Waals surface area contributed by atoms with Gasteiger partial charge in [-0.2, -0.15) is 5.10 Å². The van der Waals surface area contributed by atoms with Gasteiger partial charge in [0.25, 0.3) is 0 Å². The number of nitrogens with zero attached hydrogens (tertiary/aromatic N) is 2. The molecular weight excluding hydrogens is 186 g/mol. The van der Waals surface area contributed by atoms with Crippen LogP contribution in [0.3, 0.4) is 0 Å². The Labute approximate surface area is 91.3 Å². The number of aromatic nitrogens is 2. The molecule has 2 unspecified atom stereocenters. The Balaban J connectivity index is 2.36. The number of rotatable bonds is 2. The van der Waals surface area contributed by atoms with E-state index in [1.807, 2.05) is 0 Å². The summed E-state index contributed by atoms with van der Waals surface area (Å²) in [6.07, 6.45) is 2.51. The van der Waals surface area contributed by atoms with Gasteiger partial charge in [-0.3, -0.25) is 0 Å². The molecule has 0 radical (unpaired) electrons. The van der Waals surface area contributed by atoms with Crippen LogP contribution < -0.4 is 5.32 Å². The van der Waals surface area contributed by atoms with Crippen molar-refractivity contribution in [3.8, 4) is 0 Å². The van der Waals surface area contributed by atoms with Crippen LogP contribution in [-0.2, 0) is 0 Å². The largest absolute Gasteiger partial charge is 0.369 e. The lowest BCUT2D eigenvalue weighted by molar-refractivity contribution is 0.508. The van der Waals surface area contributed by atoms with Gasteiger partial charge < -0.3 is 5.32 Å². The van der Waals surface area contributed by atoms with Crippen LogP contribution in [0.4, 0.5) is 5.82 Å². The Morgan fingerprint density at radius 3 is 2.73 bits per heavy atom. The summed E-state index contributed by atoms with van der Waals surface area (Å²) in [5.74, 6) is 2.11. The third-order valence-corrected chi connectivity index (χ3v) is 3.24. The molecule has 1 N–H and O–H groups in total. The van der Waals surface area contributed by atoms with E-state index >= 15 is 0 Å². The molecule has 0 bridgehead atoms. The Morgan fingerprint density at radius 1 is 1.27 bits per heavy atom. The first-order valence-corrected chi connectivity index (χ1v) is 5.83. The first-order chi connectivity index (χ1) is 7.22. The summed E-state index contributed by atoms with van der Waals surface area (Å²) in [6, 6.07) is 2.17. The van der Waals surface area contributed by atoms with Crippen molar-refractivity contribution < 1.29 is 0 Å². The zero-order valence-corrected chi connectivity index (χ0v) is 9.75. The lowest BCUT2D eigenvalue weighted by Gasteiger charge is -2.26. The van der Waals surface area contributed by atoms with E-state index in [0.29, 0.717) is 11.8 Å². The zero-order chi connectivity index (χ0) is 10.8. The maximum absolute atomic E-state index is 4.36. The molecule has 3 heteroatoms. The van der Waals surface area contributed by atoms with Crippen molar-refractivity contribution in [2.75, 3.05) is 11.9 Å². The fourth-order valence-corrected chi connectivity index (χ4v) is 2.25. The van der Waals surface area contributed by atoms with Gasteiger partial charge in [0.1, 0.15) is 5.82 Å². The summed E-state index contributed by atoms with van der Waals surface area (Å²) in [5.41, 5.74) is 2.59. The fourth-order valence-electron chi connectivity index (χ4n) is 2.25. The van der Waals surface area contributed by atoms with E-state index in [-0.39, 0.29) is 0 Å². The van der Waals surface area contributed by atoms with Gasteiger partial charge in [0, 0.05) is 12.5 Å². The number of hydrogen-bond acceptors (Lipinski definition) is 3. The lowest BCUT2D eigenvalue weighted by atomic mass is 9.82. The van der Waals surface area contributed by atoms with E-state index in [9.17, 15) is 0 Å². The monoisotopic (exact) mass is 205 g/mol. The quantitative estimate of drug-likeness (QED) is 0.806. The zero-order valence-electron chi connectivity index (χ0n) is 9.75. The molecule has 1 aliphatic carbocycles. The predicted octanol–water partition coefficient (Wildman–Crippen LogP) is 2.91. The highest BCUT2D eigenvalue weighted by Crippen LogP contribution is 2.37. The standard InChI is InChI=1S/C12H19N3/c1-4-13-11-7-10-8(2)5-6-9(3)12(10)15-14-11/h7-9H,4-6H2,1-3H3,(H,13,14). The maximum atomic E-state index is 4.36. The average Bonchev–Trinajstić information content (AvgIpc) is 2.24. The van der Waals surface area contributed by atoms with Gasteiger partial charge in [0.15, 0.2) is 0 Å². The highest BCUT2D eigenvalue weighted by atomic mass is 15.2. The molecule has 82 valence electrons. The van der Waals surface area contributed by atoms with E-state index in [1.54, 1.807) is 0 Å². The van der Waals surface area contributed by atoms with Crippen molar-refractivity contribution in [2.45, 2.75) is 45.4 Å². The van der Waals surface area contributed by atoms with Crippen molar-refractivity contribution in [1.29, 1.82) is 0 Å². The van der Waals surface area contributed by atoms with Gasteiger partial charge in [-0.25, -0.2) is 0 Å². The number of fused-ring (bicyclic) bond motifs is 1. The molecule has 0 fully saturated rings. The Morgan fingerprint density at radius 2 is 2.00 bits per heavy atom. The second kappa shape index (κ2) is 4.17. The summed E-state index contributed by atoms with van der Waals surface area (Å²) in [7, 11) is 0. The SMILES string of the molecule is CCNc1cc2c(nn1)C(C)CCC2C. The van der Waals surface area contributed by atoms with Crippen LogP contribution in [0.15, 0.2) is 6.07 Å². The first kappa shape index (κ1) is 10.4. The molecule has 1 heterocycles. The van der Waals surface area contributed by atoms with Crippen molar-refractivity contribution in [3.05, 3.63) is 17.3 Å². The molecule has 1 aliphatic rings. The predicted molar refractivity (Wildman–Crippen MR) is 62.3 cm³/mol. The van der Waals surface area contributed by atoms with Gasteiger partial charge in [-0.1, -0.05) is 13.8 Å². The van der Waals surface area contributed by atoms with E-state index in [4.69, 9.17) is 0 Å². The molecule has 15 heavy (non-hydrogen) atoms. The molecule has 0 saturated carbocycles. The van der Waals surface area contributed by atoms with Crippen molar-refractivity contribution >= 4 is 5.82 Å². The third kappa shape index (κ3) is 1.96. The van der Waals surface area contributed by atoms with Crippen molar-refractivity contribution in [2.24, 2.45) is 0 Å². The minimum absolute atomic E-state index is 0.569. The maximum Gasteiger partial charge on any atom is 0.148 e. The Hall–Kier alpha value is -1.12. The van der Waals surface area contributed by atoms with Gasteiger partial charge in [0.2, 0.25) is 0 Å². The molecule has 1 aromatic rings. The smallest absolute Gasteiger partial charge is 0.148 e. The van der Waals surface area contributed by atoms with Crippen LogP contribution >= 0.6 is 0 Å². The van der Waals surface area contributed by atoms with Crippen LogP contribution in [0.5, 0.6) is 0 Å². The normalized spacial score (nSPS) is 24.7. The summed E-state index contributed by atoms with van der Waals surface area (Å²) in [5, 5.41) is 11.8. The van der Waals surface area contributed by atoms with Crippen molar-refractivity contribution in [1.82, 2.24) is 10.2 Å². The molecule has 1 aromatic heterocycles. The molecule has 0 amide bonds. The molecule has 2 rings (SSSR count). The van der Waals surface area contributed by atoms with Gasteiger partial charge in [0.05, 0.1) is 5.69 Å². The lowest BCUT2D eigenvalue weighted by Crippen LogP contribution is -2.15. The summed E-state index contributed by atoms with van der Waals surface area (Å²) in [6.45, 7) is 7.50. The summed E-state index contributed by atoms with van der Waals surface area (Å²) >= 11 is 0. The highest BCUT2D eigenvalue weighted by molar-refractivity contribution is 5.41. The van der Waals surface area contributed by atoms with E-state index in [0.717, 1.165) is 12.4 Å². The molecule has 0 aromatic carbocycles. The van der Waals surface area contributed by atoms with Gasteiger partial charge in [-0.05, 0) is 37.3 Å². The fraction of sp³-hybridized carbons (Fsp3) is 0.667. The molecular formula is C12H19N3. The van der Waals surface area contributed by atoms with E-state index in [1.165, 1.54) is 24.1 Å². The van der Waals surface area contributed by atoms with Crippen LogP contribution in [0, 0.1) is 0 Å². The van der Waals surface area contributed by atoms with E-state index < -0.39 is 0 Å². The third-order valence-electron chi connectivity index (χ3n) is 3.24. The molecule has 2 atom stereocenters. The second-order valence-corrected chi connectivity index (χ2v) is 4.48. The molecule has 0 spiro atoms. The highest BCUT2D eigenvalue weighted by Gasteiger charge is 2.23. The molecule has 3 nitrogen and oxygen atoms in total. The second-order valence-electron chi connectivity index (χ2n) is 4.48. The van der Waals surface area contributed by atoms with E-state index in [2.05, 4.69) is 42.4 Å². The molecule has 0 aliphatic heterocycles. The number of nitrogens with one attached hydrogen (secondary N) is 1. The van der Waals surface area contributed by atoms with Crippen LogP contribution in [0.2, 0.25) is 0 Å². The Kier molecular flexibility index (Phi) is 2.89. The van der Waals surface area contributed by atoms with Crippen LogP contribution in [0.1, 0.15) is 56.7 Å². The van der Waals surface area contributed by atoms with Gasteiger partial charge in [-0.15, -0.1) is 5.10 Å². The Bertz CT molecular complexity index is 349. The molecule has 0 saturated heterocycles. The first-order valence-electron chi connectivity index (χ1n) is 5.83. The minimum atomic E-state index is 0.569. The topological polar surface area (TPSA) is 37.8 Å². The van der Waals surface area contributed by atoms with Crippen LogP contribution in [0.25, 0.3) is 0 Å².